The molecule has 0 saturated heterocycles. The SMILES string of the molecule is CCCc1ccc(CCC)c2cc(S(=O)(=O)O)ccc12. The second-order valence-corrected chi connectivity index (χ2v) is 6.49. The standard InChI is InChI=1S/C16H20O3S/c1-3-5-12-7-8-13(6-4-2)16-11-14(20(17,18)19)9-10-15(12)16/h7-11H,3-6H2,1-2H3,(H,17,18,19). The van der Waals surface area contributed by atoms with E-state index in [1.54, 1.807) is 6.07 Å². The maximum atomic E-state index is 11.3. The molecule has 0 saturated carbocycles. The summed E-state index contributed by atoms with van der Waals surface area (Å²) in [4.78, 5) is -0.0315. The van der Waals surface area contributed by atoms with E-state index in [1.807, 2.05) is 6.07 Å². The summed E-state index contributed by atoms with van der Waals surface area (Å²) in [5, 5.41) is 2.03. The molecule has 2 aromatic carbocycles. The number of hydrogen-bond acceptors (Lipinski definition) is 2. The predicted molar refractivity (Wildman–Crippen MR) is 81.8 cm³/mol. The molecule has 0 amide bonds. The number of hydrogen-bond donors (Lipinski definition) is 1. The summed E-state index contributed by atoms with van der Waals surface area (Å²) in [6, 6.07) is 9.08. The third kappa shape index (κ3) is 3.02. The van der Waals surface area contributed by atoms with Crippen LogP contribution in [0.25, 0.3) is 10.8 Å². The quantitative estimate of drug-likeness (QED) is 0.848. The number of aryl methyl sites for hydroxylation is 2. The van der Waals surface area contributed by atoms with Crippen molar-refractivity contribution in [3.63, 3.8) is 0 Å². The molecule has 1 N–H and O–H groups in total. The molecule has 2 rings (SSSR count). The summed E-state index contributed by atoms with van der Waals surface area (Å²) in [5.41, 5.74) is 2.36. The van der Waals surface area contributed by atoms with Gasteiger partial charge in [0.05, 0.1) is 4.90 Å². The van der Waals surface area contributed by atoms with Gasteiger partial charge in [-0.1, -0.05) is 44.9 Å². The lowest BCUT2D eigenvalue weighted by atomic mass is 9.95. The highest BCUT2D eigenvalue weighted by atomic mass is 32.2. The highest BCUT2D eigenvalue weighted by Gasteiger charge is 2.13. The van der Waals surface area contributed by atoms with Crippen molar-refractivity contribution in [2.45, 2.75) is 44.4 Å². The maximum absolute atomic E-state index is 11.3. The Hall–Kier alpha value is -1.39. The molecule has 0 unspecified atom stereocenters. The van der Waals surface area contributed by atoms with Crippen LogP contribution >= 0.6 is 0 Å². The Labute approximate surface area is 120 Å². The molecule has 20 heavy (non-hydrogen) atoms. The van der Waals surface area contributed by atoms with Gasteiger partial charge in [-0.15, -0.1) is 0 Å². The molecule has 2 aromatic rings. The summed E-state index contributed by atoms with van der Waals surface area (Å²) < 4.78 is 31.8. The van der Waals surface area contributed by atoms with Crippen molar-refractivity contribution in [1.82, 2.24) is 0 Å². The van der Waals surface area contributed by atoms with E-state index in [-0.39, 0.29) is 4.90 Å². The van der Waals surface area contributed by atoms with E-state index in [1.165, 1.54) is 11.6 Å². The number of benzene rings is 2. The fourth-order valence-corrected chi connectivity index (χ4v) is 3.09. The van der Waals surface area contributed by atoms with E-state index in [2.05, 4.69) is 26.0 Å². The second kappa shape index (κ2) is 5.94. The van der Waals surface area contributed by atoms with Crippen LogP contribution in [0.5, 0.6) is 0 Å². The Bertz CT molecular complexity index is 718. The van der Waals surface area contributed by atoms with Gasteiger partial charge >= 0.3 is 0 Å². The minimum Gasteiger partial charge on any atom is -0.282 e. The average molecular weight is 292 g/mol. The zero-order chi connectivity index (χ0) is 14.8. The Balaban J connectivity index is 2.72. The zero-order valence-electron chi connectivity index (χ0n) is 11.9. The van der Waals surface area contributed by atoms with Crippen LogP contribution in [0.2, 0.25) is 0 Å². The molecule has 0 heterocycles. The van der Waals surface area contributed by atoms with Crippen molar-refractivity contribution in [2.24, 2.45) is 0 Å². The summed E-state index contributed by atoms with van der Waals surface area (Å²) in [7, 11) is -4.15. The lowest BCUT2D eigenvalue weighted by molar-refractivity contribution is 0.483. The van der Waals surface area contributed by atoms with Gasteiger partial charge in [0.15, 0.2) is 0 Å². The van der Waals surface area contributed by atoms with Gasteiger partial charge in [0.25, 0.3) is 10.1 Å². The molecule has 0 radical (unpaired) electrons. The van der Waals surface area contributed by atoms with Gasteiger partial charge in [-0.25, -0.2) is 0 Å². The molecule has 4 heteroatoms. The van der Waals surface area contributed by atoms with E-state index < -0.39 is 10.1 Å². The molecule has 0 aliphatic carbocycles. The number of fused-ring (bicyclic) bond motifs is 1. The van der Waals surface area contributed by atoms with Crippen LogP contribution in [0, 0.1) is 0 Å². The van der Waals surface area contributed by atoms with E-state index in [9.17, 15) is 13.0 Å². The molecular formula is C16H20O3S. The maximum Gasteiger partial charge on any atom is 0.294 e. The van der Waals surface area contributed by atoms with E-state index in [0.29, 0.717) is 0 Å². The molecule has 108 valence electrons. The van der Waals surface area contributed by atoms with Gasteiger partial charge in [0.1, 0.15) is 0 Å². The van der Waals surface area contributed by atoms with Gasteiger partial charge in [-0.05, 0) is 46.9 Å². The lowest BCUT2D eigenvalue weighted by Gasteiger charge is -2.11. The van der Waals surface area contributed by atoms with Crippen molar-refractivity contribution in [2.75, 3.05) is 0 Å². The molecule has 0 spiro atoms. The van der Waals surface area contributed by atoms with Crippen LogP contribution < -0.4 is 0 Å². The number of rotatable bonds is 5. The summed E-state index contributed by atoms with van der Waals surface area (Å²) in [6.45, 7) is 4.22. The smallest absolute Gasteiger partial charge is 0.282 e. The van der Waals surface area contributed by atoms with Gasteiger partial charge in [0.2, 0.25) is 0 Å². The van der Waals surface area contributed by atoms with Crippen LogP contribution in [-0.4, -0.2) is 13.0 Å². The van der Waals surface area contributed by atoms with Gasteiger partial charge in [-0.2, -0.15) is 8.42 Å². The van der Waals surface area contributed by atoms with Crippen LogP contribution in [-0.2, 0) is 23.0 Å². The Kier molecular flexibility index (Phi) is 4.45. The minimum absolute atomic E-state index is 0.0315. The van der Waals surface area contributed by atoms with Crippen molar-refractivity contribution in [3.8, 4) is 0 Å². The molecule has 0 bridgehead atoms. The van der Waals surface area contributed by atoms with Crippen molar-refractivity contribution < 1.29 is 13.0 Å². The average Bonchev–Trinajstić information content (AvgIpc) is 2.40. The highest BCUT2D eigenvalue weighted by molar-refractivity contribution is 7.85. The van der Waals surface area contributed by atoms with Crippen LogP contribution in [0.1, 0.15) is 37.8 Å². The molecule has 0 aliphatic rings. The monoisotopic (exact) mass is 292 g/mol. The van der Waals surface area contributed by atoms with Gasteiger partial charge in [0, 0.05) is 0 Å². The van der Waals surface area contributed by atoms with Crippen LogP contribution in [0.3, 0.4) is 0 Å². The molecule has 0 aromatic heterocycles. The third-order valence-corrected chi connectivity index (χ3v) is 4.35. The fourth-order valence-electron chi connectivity index (χ4n) is 2.58. The van der Waals surface area contributed by atoms with Gasteiger partial charge in [-0.3, -0.25) is 4.55 Å². The first-order valence-corrected chi connectivity index (χ1v) is 8.43. The Morgan fingerprint density at radius 2 is 1.45 bits per heavy atom. The van der Waals surface area contributed by atoms with Gasteiger partial charge < -0.3 is 0 Å². The second-order valence-electron chi connectivity index (χ2n) is 5.07. The Morgan fingerprint density at radius 3 is 1.95 bits per heavy atom. The highest BCUT2D eigenvalue weighted by Crippen LogP contribution is 2.27. The van der Waals surface area contributed by atoms with Crippen molar-refractivity contribution in [1.29, 1.82) is 0 Å². The van der Waals surface area contributed by atoms with Crippen LogP contribution in [0.15, 0.2) is 35.2 Å². The third-order valence-electron chi connectivity index (χ3n) is 3.51. The summed E-state index contributed by atoms with van der Waals surface area (Å²) in [5.74, 6) is 0. The fraction of sp³-hybridized carbons (Fsp3) is 0.375. The van der Waals surface area contributed by atoms with E-state index >= 15 is 0 Å². The first kappa shape index (κ1) is 15.0. The molecule has 0 fully saturated rings. The summed E-state index contributed by atoms with van der Waals surface area (Å²) in [6.07, 6.45) is 3.91. The van der Waals surface area contributed by atoms with Crippen molar-refractivity contribution >= 4 is 20.9 Å². The lowest BCUT2D eigenvalue weighted by Crippen LogP contribution is -1.99. The topological polar surface area (TPSA) is 54.4 Å². The predicted octanol–water partition coefficient (Wildman–Crippen LogP) is 3.99. The largest absolute Gasteiger partial charge is 0.294 e. The molecule has 0 aliphatic heterocycles. The van der Waals surface area contributed by atoms with E-state index in [4.69, 9.17) is 0 Å². The molecule has 3 nitrogen and oxygen atoms in total. The van der Waals surface area contributed by atoms with Crippen molar-refractivity contribution in [3.05, 3.63) is 41.5 Å². The summed E-state index contributed by atoms with van der Waals surface area (Å²) >= 11 is 0. The zero-order valence-corrected chi connectivity index (χ0v) is 12.7. The van der Waals surface area contributed by atoms with Crippen LogP contribution in [0.4, 0.5) is 0 Å². The first-order chi connectivity index (χ1) is 9.47. The Morgan fingerprint density at radius 1 is 0.900 bits per heavy atom. The first-order valence-electron chi connectivity index (χ1n) is 6.99. The molecule has 0 atom stereocenters. The minimum atomic E-state index is -4.15. The molecular weight excluding hydrogens is 272 g/mol. The normalized spacial score (nSPS) is 11.9. The van der Waals surface area contributed by atoms with E-state index in [0.717, 1.165) is 42.0 Å².